The molecular formula is C16H23N5S. The summed E-state index contributed by atoms with van der Waals surface area (Å²) >= 11 is 1.77. The second-order valence-electron chi connectivity index (χ2n) is 6.21. The topological polar surface area (TPSA) is 47.2 Å². The Morgan fingerprint density at radius 2 is 2.18 bits per heavy atom. The molecule has 4 rings (SSSR count). The van der Waals surface area contributed by atoms with Crippen molar-refractivity contribution >= 4 is 11.3 Å². The molecule has 0 spiro atoms. The van der Waals surface area contributed by atoms with Crippen LogP contribution >= 0.6 is 11.3 Å². The molecule has 4 heterocycles. The van der Waals surface area contributed by atoms with E-state index in [1.54, 1.807) is 11.3 Å². The number of nitrogens with one attached hydrogen (secondary N) is 2. The molecule has 2 aliphatic rings. The molecule has 2 saturated heterocycles. The lowest BCUT2D eigenvalue weighted by molar-refractivity contribution is 0.170. The van der Waals surface area contributed by atoms with Crippen molar-refractivity contribution in [3.05, 3.63) is 29.3 Å². The van der Waals surface area contributed by atoms with Crippen molar-refractivity contribution in [2.24, 2.45) is 0 Å². The molecular weight excluding hydrogens is 294 g/mol. The van der Waals surface area contributed by atoms with Gasteiger partial charge in [-0.1, -0.05) is 6.07 Å². The number of H-pyrrole nitrogens is 1. The van der Waals surface area contributed by atoms with Gasteiger partial charge in [-0.25, -0.2) is 0 Å². The van der Waals surface area contributed by atoms with Gasteiger partial charge in [0, 0.05) is 57.4 Å². The first kappa shape index (κ1) is 14.4. The highest BCUT2D eigenvalue weighted by Crippen LogP contribution is 2.27. The van der Waals surface area contributed by atoms with Crippen LogP contribution < -0.4 is 5.32 Å². The molecule has 1 unspecified atom stereocenters. The lowest BCUT2D eigenvalue weighted by atomic mass is 10.2. The number of aromatic amines is 1. The Kier molecular flexibility index (Phi) is 4.25. The molecule has 0 aliphatic carbocycles. The van der Waals surface area contributed by atoms with Crippen LogP contribution in [0.25, 0.3) is 10.6 Å². The van der Waals surface area contributed by atoms with Gasteiger partial charge in [0.1, 0.15) is 0 Å². The van der Waals surface area contributed by atoms with E-state index in [-0.39, 0.29) is 0 Å². The van der Waals surface area contributed by atoms with Crippen LogP contribution in [0.15, 0.2) is 23.7 Å². The van der Waals surface area contributed by atoms with Crippen LogP contribution in [-0.2, 0) is 6.54 Å². The quantitative estimate of drug-likeness (QED) is 0.899. The van der Waals surface area contributed by atoms with Crippen LogP contribution in [0.1, 0.15) is 12.0 Å². The monoisotopic (exact) mass is 317 g/mol. The summed E-state index contributed by atoms with van der Waals surface area (Å²) in [5.74, 6) is 0. The first-order valence-corrected chi connectivity index (χ1v) is 9.01. The summed E-state index contributed by atoms with van der Waals surface area (Å²) in [6, 6.07) is 5.00. The molecule has 6 heteroatoms. The van der Waals surface area contributed by atoms with Crippen LogP contribution in [0, 0.1) is 0 Å². The zero-order valence-electron chi connectivity index (χ0n) is 12.8. The van der Waals surface area contributed by atoms with Crippen molar-refractivity contribution in [2.45, 2.75) is 19.0 Å². The summed E-state index contributed by atoms with van der Waals surface area (Å²) < 4.78 is 0. The number of rotatable bonds is 4. The maximum absolute atomic E-state index is 4.27. The van der Waals surface area contributed by atoms with E-state index in [1.165, 1.54) is 48.7 Å². The predicted molar refractivity (Wildman–Crippen MR) is 90.0 cm³/mol. The molecule has 2 aromatic heterocycles. The summed E-state index contributed by atoms with van der Waals surface area (Å²) in [4.78, 5) is 6.52. The highest BCUT2D eigenvalue weighted by Gasteiger charge is 2.28. The average molecular weight is 317 g/mol. The second-order valence-corrected chi connectivity index (χ2v) is 7.16. The smallest absolute Gasteiger partial charge is 0.0794 e. The molecule has 0 radical (unpaired) electrons. The number of piperazine rings is 1. The maximum Gasteiger partial charge on any atom is 0.0794 e. The Morgan fingerprint density at radius 1 is 1.27 bits per heavy atom. The minimum Gasteiger partial charge on any atom is -0.314 e. The molecule has 0 bridgehead atoms. The van der Waals surface area contributed by atoms with Gasteiger partial charge in [0.25, 0.3) is 0 Å². The van der Waals surface area contributed by atoms with E-state index in [0.29, 0.717) is 0 Å². The van der Waals surface area contributed by atoms with E-state index in [9.17, 15) is 0 Å². The SMILES string of the molecule is c1csc(-c2[nH]ncc2CN2CCC(N3CCNCC3)C2)c1. The van der Waals surface area contributed by atoms with Gasteiger partial charge < -0.3 is 5.32 Å². The van der Waals surface area contributed by atoms with Gasteiger partial charge in [0.2, 0.25) is 0 Å². The summed E-state index contributed by atoms with van der Waals surface area (Å²) in [7, 11) is 0. The maximum atomic E-state index is 4.27. The Hall–Kier alpha value is -1.21. The largest absolute Gasteiger partial charge is 0.314 e. The first-order valence-electron chi connectivity index (χ1n) is 8.13. The first-order chi connectivity index (χ1) is 10.9. The highest BCUT2D eigenvalue weighted by atomic mass is 32.1. The predicted octanol–water partition coefficient (Wildman–Crippen LogP) is 1.62. The van der Waals surface area contributed by atoms with Gasteiger partial charge in [-0.2, -0.15) is 5.10 Å². The van der Waals surface area contributed by atoms with E-state index in [2.05, 4.69) is 42.8 Å². The van der Waals surface area contributed by atoms with E-state index in [0.717, 1.165) is 25.7 Å². The standard InChI is InChI=1S/C16H23N5S/c1-2-15(22-9-1)16-13(10-18-19-16)11-20-6-3-14(12-20)21-7-4-17-5-8-21/h1-2,9-10,14,17H,3-8,11-12H2,(H,18,19). The molecule has 2 N–H and O–H groups in total. The molecule has 1 atom stereocenters. The lowest BCUT2D eigenvalue weighted by Crippen LogP contribution is -2.49. The van der Waals surface area contributed by atoms with Gasteiger partial charge >= 0.3 is 0 Å². The number of hydrogen-bond donors (Lipinski definition) is 2. The van der Waals surface area contributed by atoms with Gasteiger partial charge in [0.05, 0.1) is 16.8 Å². The molecule has 2 fully saturated rings. The zero-order chi connectivity index (χ0) is 14.8. The van der Waals surface area contributed by atoms with Crippen LogP contribution in [0.2, 0.25) is 0 Å². The van der Waals surface area contributed by atoms with Crippen molar-refractivity contribution in [2.75, 3.05) is 39.3 Å². The van der Waals surface area contributed by atoms with Crippen molar-refractivity contribution in [1.29, 1.82) is 0 Å². The van der Waals surface area contributed by atoms with E-state index >= 15 is 0 Å². The minimum absolute atomic E-state index is 0.735. The molecule has 118 valence electrons. The van der Waals surface area contributed by atoms with E-state index < -0.39 is 0 Å². The van der Waals surface area contributed by atoms with Crippen molar-refractivity contribution in [1.82, 2.24) is 25.3 Å². The molecule has 5 nitrogen and oxygen atoms in total. The molecule has 0 saturated carbocycles. The van der Waals surface area contributed by atoms with Gasteiger partial charge in [0.15, 0.2) is 0 Å². The average Bonchev–Trinajstić information content (AvgIpc) is 3.30. The highest BCUT2D eigenvalue weighted by molar-refractivity contribution is 7.13. The van der Waals surface area contributed by atoms with Crippen molar-refractivity contribution in [3.8, 4) is 10.6 Å². The third-order valence-electron chi connectivity index (χ3n) is 4.79. The molecule has 0 amide bonds. The number of aromatic nitrogens is 2. The lowest BCUT2D eigenvalue weighted by Gasteiger charge is -2.32. The summed E-state index contributed by atoms with van der Waals surface area (Å²) in [6.45, 7) is 8.07. The van der Waals surface area contributed by atoms with Crippen LogP contribution in [-0.4, -0.2) is 65.3 Å². The molecule has 22 heavy (non-hydrogen) atoms. The van der Waals surface area contributed by atoms with E-state index in [4.69, 9.17) is 0 Å². The van der Waals surface area contributed by atoms with E-state index in [1.807, 2.05) is 6.20 Å². The van der Waals surface area contributed by atoms with Crippen LogP contribution in [0.5, 0.6) is 0 Å². The Morgan fingerprint density at radius 3 is 3.00 bits per heavy atom. The fourth-order valence-electron chi connectivity index (χ4n) is 3.61. The number of thiophene rings is 1. The number of nitrogens with zero attached hydrogens (tertiary/aromatic N) is 3. The zero-order valence-corrected chi connectivity index (χ0v) is 13.6. The molecule has 0 aromatic carbocycles. The Bertz CT molecular complexity index is 587. The summed E-state index contributed by atoms with van der Waals surface area (Å²) in [6.07, 6.45) is 3.29. The number of hydrogen-bond acceptors (Lipinski definition) is 5. The summed E-state index contributed by atoms with van der Waals surface area (Å²) in [5.41, 5.74) is 2.52. The van der Waals surface area contributed by atoms with Crippen LogP contribution in [0.3, 0.4) is 0 Å². The van der Waals surface area contributed by atoms with Gasteiger partial charge in [-0.05, 0) is 17.9 Å². The third-order valence-corrected chi connectivity index (χ3v) is 5.68. The van der Waals surface area contributed by atoms with Gasteiger partial charge in [-0.3, -0.25) is 14.9 Å². The third kappa shape index (κ3) is 2.96. The minimum atomic E-state index is 0.735. The fraction of sp³-hybridized carbons (Fsp3) is 0.562. The molecule has 2 aromatic rings. The fourth-order valence-corrected chi connectivity index (χ4v) is 4.36. The normalized spacial score (nSPS) is 24.1. The Labute approximate surface area is 135 Å². The van der Waals surface area contributed by atoms with Crippen molar-refractivity contribution in [3.63, 3.8) is 0 Å². The van der Waals surface area contributed by atoms with Crippen LogP contribution in [0.4, 0.5) is 0 Å². The second kappa shape index (κ2) is 6.50. The van der Waals surface area contributed by atoms with Gasteiger partial charge in [-0.15, -0.1) is 11.3 Å². The Balaban J connectivity index is 1.40. The van der Waals surface area contributed by atoms with Crippen molar-refractivity contribution < 1.29 is 0 Å². The number of likely N-dealkylation sites (tertiary alicyclic amines) is 1. The summed E-state index contributed by atoms with van der Waals surface area (Å²) in [5, 5.41) is 13.0. The molecule has 2 aliphatic heterocycles.